The third-order valence-corrected chi connectivity index (χ3v) is 2.50. The van der Waals surface area contributed by atoms with Crippen LogP contribution in [0.2, 0.25) is 0 Å². The fraction of sp³-hybridized carbons (Fsp3) is 0.429. The quantitative estimate of drug-likeness (QED) is 0.617. The fourth-order valence-corrected chi connectivity index (χ4v) is 1.63. The lowest BCUT2D eigenvalue weighted by molar-refractivity contribution is -0.120. The van der Waals surface area contributed by atoms with E-state index in [4.69, 9.17) is 5.73 Å². The number of amides is 2. The molecule has 0 aliphatic carbocycles. The molecule has 0 unspecified atom stereocenters. The van der Waals surface area contributed by atoms with Gasteiger partial charge >= 0.3 is 0 Å². The normalized spacial score (nSPS) is 10.8. The van der Waals surface area contributed by atoms with Crippen LogP contribution in [0.5, 0.6) is 0 Å². The van der Waals surface area contributed by atoms with Crippen LogP contribution in [0, 0.1) is 0 Å². The summed E-state index contributed by atoms with van der Waals surface area (Å²) in [6.07, 6.45) is 0. The number of hydrogen-bond acceptors (Lipinski definition) is 4. The monoisotopic (exact) mass is 278 g/mol. The molecule has 1 rings (SSSR count). The molecular formula is C14H22N4O2. The highest BCUT2D eigenvalue weighted by Crippen LogP contribution is 2.19. The molecule has 6 heteroatoms. The van der Waals surface area contributed by atoms with Gasteiger partial charge in [0.2, 0.25) is 5.91 Å². The van der Waals surface area contributed by atoms with E-state index in [1.165, 1.54) is 0 Å². The first-order chi connectivity index (χ1) is 9.23. The standard InChI is InChI=1S/C14H22N4O2/c1-14(2,3)18-12(19)8-17-11-7-9(13(20)16-4)5-6-10(11)15/h5-7,17H,8,15H2,1-4H3,(H,16,20)(H,18,19). The fourth-order valence-electron chi connectivity index (χ4n) is 1.63. The highest BCUT2D eigenvalue weighted by molar-refractivity contribution is 5.96. The van der Waals surface area contributed by atoms with E-state index in [9.17, 15) is 9.59 Å². The summed E-state index contributed by atoms with van der Waals surface area (Å²) in [4.78, 5) is 23.3. The maximum atomic E-state index is 11.7. The van der Waals surface area contributed by atoms with Gasteiger partial charge < -0.3 is 21.7 Å². The Hall–Kier alpha value is -2.24. The molecule has 1 aromatic rings. The average Bonchev–Trinajstić information content (AvgIpc) is 2.34. The lowest BCUT2D eigenvalue weighted by atomic mass is 10.1. The van der Waals surface area contributed by atoms with Crippen LogP contribution >= 0.6 is 0 Å². The van der Waals surface area contributed by atoms with E-state index < -0.39 is 0 Å². The number of carbonyl (C=O) groups is 2. The summed E-state index contributed by atoms with van der Waals surface area (Å²) in [5.41, 5.74) is 7.07. The van der Waals surface area contributed by atoms with Crippen LogP contribution < -0.4 is 21.7 Å². The van der Waals surface area contributed by atoms with E-state index in [0.717, 1.165) is 0 Å². The molecule has 0 saturated carbocycles. The van der Waals surface area contributed by atoms with Crippen LogP contribution in [0.1, 0.15) is 31.1 Å². The molecule has 0 bridgehead atoms. The van der Waals surface area contributed by atoms with Crippen LogP contribution in [0.3, 0.4) is 0 Å². The minimum atomic E-state index is -0.283. The van der Waals surface area contributed by atoms with Crippen molar-refractivity contribution in [2.24, 2.45) is 0 Å². The second kappa shape index (κ2) is 6.27. The van der Waals surface area contributed by atoms with Crippen molar-refractivity contribution in [1.82, 2.24) is 10.6 Å². The molecule has 0 aromatic heterocycles. The zero-order valence-electron chi connectivity index (χ0n) is 12.3. The zero-order valence-corrected chi connectivity index (χ0v) is 12.3. The van der Waals surface area contributed by atoms with Crippen molar-refractivity contribution in [1.29, 1.82) is 0 Å². The molecule has 0 spiro atoms. The first-order valence-electron chi connectivity index (χ1n) is 6.39. The molecule has 0 atom stereocenters. The number of nitrogens with two attached hydrogens (primary N) is 1. The topological polar surface area (TPSA) is 96.2 Å². The second-order valence-electron chi connectivity index (χ2n) is 5.53. The number of benzene rings is 1. The van der Waals surface area contributed by atoms with Gasteiger partial charge in [-0.25, -0.2) is 0 Å². The van der Waals surface area contributed by atoms with Crippen LogP contribution in [-0.2, 0) is 4.79 Å². The minimum Gasteiger partial charge on any atom is -0.397 e. The van der Waals surface area contributed by atoms with Crippen molar-refractivity contribution in [3.63, 3.8) is 0 Å². The van der Waals surface area contributed by atoms with E-state index in [1.54, 1.807) is 25.2 Å². The Morgan fingerprint density at radius 1 is 1.25 bits per heavy atom. The lowest BCUT2D eigenvalue weighted by Crippen LogP contribution is -2.43. The molecule has 2 amide bonds. The van der Waals surface area contributed by atoms with Gasteiger partial charge in [-0.1, -0.05) is 0 Å². The molecule has 0 fully saturated rings. The van der Waals surface area contributed by atoms with Crippen molar-refractivity contribution in [2.75, 3.05) is 24.6 Å². The van der Waals surface area contributed by atoms with Gasteiger partial charge in [-0.3, -0.25) is 9.59 Å². The summed E-state index contributed by atoms with van der Waals surface area (Å²) < 4.78 is 0. The zero-order chi connectivity index (χ0) is 15.3. The van der Waals surface area contributed by atoms with Crippen molar-refractivity contribution in [3.8, 4) is 0 Å². The number of carbonyl (C=O) groups excluding carboxylic acids is 2. The summed E-state index contributed by atoms with van der Waals surface area (Å²) in [5.74, 6) is -0.338. The van der Waals surface area contributed by atoms with Crippen LogP contribution in [0.25, 0.3) is 0 Å². The van der Waals surface area contributed by atoms with Gasteiger partial charge in [0, 0.05) is 18.2 Å². The Bertz CT molecular complexity index is 506. The molecule has 1 aromatic carbocycles. The minimum absolute atomic E-state index is 0.0959. The molecular weight excluding hydrogens is 256 g/mol. The predicted molar refractivity (Wildman–Crippen MR) is 80.6 cm³/mol. The summed E-state index contributed by atoms with van der Waals surface area (Å²) >= 11 is 0. The first kappa shape index (κ1) is 15.8. The molecule has 0 radical (unpaired) electrons. The molecule has 110 valence electrons. The molecule has 6 nitrogen and oxygen atoms in total. The molecule has 0 aliphatic heterocycles. The molecule has 0 heterocycles. The SMILES string of the molecule is CNC(=O)c1ccc(N)c(NCC(=O)NC(C)(C)C)c1. The number of hydrogen-bond donors (Lipinski definition) is 4. The van der Waals surface area contributed by atoms with E-state index in [1.807, 2.05) is 20.8 Å². The van der Waals surface area contributed by atoms with Gasteiger partial charge in [0.15, 0.2) is 0 Å². The smallest absolute Gasteiger partial charge is 0.251 e. The predicted octanol–water partition coefficient (Wildman–Crippen LogP) is 0.955. The first-order valence-corrected chi connectivity index (χ1v) is 6.39. The Balaban J connectivity index is 2.72. The highest BCUT2D eigenvalue weighted by Gasteiger charge is 2.14. The van der Waals surface area contributed by atoms with Gasteiger partial charge in [-0.05, 0) is 39.0 Å². The van der Waals surface area contributed by atoms with E-state index in [-0.39, 0.29) is 23.9 Å². The highest BCUT2D eigenvalue weighted by atomic mass is 16.2. The molecule has 0 saturated heterocycles. The molecule has 5 N–H and O–H groups in total. The molecule has 0 aliphatic rings. The van der Waals surface area contributed by atoms with Gasteiger partial charge in [0.05, 0.1) is 17.9 Å². The Kier molecular flexibility index (Phi) is 4.96. The van der Waals surface area contributed by atoms with Crippen molar-refractivity contribution in [3.05, 3.63) is 23.8 Å². The second-order valence-corrected chi connectivity index (χ2v) is 5.53. The van der Waals surface area contributed by atoms with Crippen LogP contribution in [0.15, 0.2) is 18.2 Å². The van der Waals surface area contributed by atoms with E-state index >= 15 is 0 Å². The maximum Gasteiger partial charge on any atom is 0.251 e. The van der Waals surface area contributed by atoms with Crippen molar-refractivity contribution >= 4 is 23.2 Å². The summed E-state index contributed by atoms with van der Waals surface area (Å²) in [5, 5.41) is 8.31. The third-order valence-electron chi connectivity index (χ3n) is 2.50. The largest absolute Gasteiger partial charge is 0.397 e. The number of rotatable bonds is 4. The number of nitrogens with one attached hydrogen (secondary N) is 3. The van der Waals surface area contributed by atoms with Crippen LogP contribution in [-0.4, -0.2) is 30.9 Å². The Morgan fingerprint density at radius 3 is 2.45 bits per heavy atom. The number of anilines is 2. The summed E-state index contributed by atoms with van der Waals surface area (Å²) in [6, 6.07) is 4.89. The van der Waals surface area contributed by atoms with Gasteiger partial charge in [0.1, 0.15) is 0 Å². The van der Waals surface area contributed by atoms with Crippen molar-refractivity contribution < 1.29 is 9.59 Å². The van der Waals surface area contributed by atoms with Crippen LogP contribution in [0.4, 0.5) is 11.4 Å². The van der Waals surface area contributed by atoms with E-state index in [2.05, 4.69) is 16.0 Å². The summed E-state index contributed by atoms with van der Waals surface area (Å²) in [7, 11) is 1.56. The number of nitrogen functional groups attached to an aromatic ring is 1. The maximum absolute atomic E-state index is 11.7. The van der Waals surface area contributed by atoms with Gasteiger partial charge in [-0.2, -0.15) is 0 Å². The van der Waals surface area contributed by atoms with Crippen molar-refractivity contribution in [2.45, 2.75) is 26.3 Å². The third kappa shape index (κ3) is 4.79. The van der Waals surface area contributed by atoms with Gasteiger partial charge in [-0.15, -0.1) is 0 Å². The Morgan fingerprint density at radius 2 is 1.90 bits per heavy atom. The van der Waals surface area contributed by atoms with Gasteiger partial charge in [0.25, 0.3) is 5.91 Å². The lowest BCUT2D eigenvalue weighted by Gasteiger charge is -2.21. The van der Waals surface area contributed by atoms with E-state index in [0.29, 0.717) is 16.9 Å². The average molecular weight is 278 g/mol. The molecule has 20 heavy (non-hydrogen) atoms. The Labute approximate surface area is 119 Å². The summed E-state index contributed by atoms with van der Waals surface area (Å²) in [6.45, 7) is 5.82.